The molecule has 1 atom stereocenters. The number of aromatic nitrogens is 1. The van der Waals surface area contributed by atoms with Crippen molar-refractivity contribution in [2.24, 2.45) is 11.8 Å². The Morgan fingerprint density at radius 1 is 1.10 bits per heavy atom. The van der Waals surface area contributed by atoms with E-state index in [0.717, 1.165) is 5.39 Å². The molecular formula is C22H31N5O4. The van der Waals surface area contributed by atoms with Gasteiger partial charge in [-0.25, -0.2) is 10.3 Å². The fourth-order valence-corrected chi connectivity index (χ4v) is 3.10. The molecule has 0 unspecified atom stereocenters. The average Bonchev–Trinajstić information content (AvgIpc) is 2.74. The van der Waals surface area contributed by atoms with E-state index in [-0.39, 0.29) is 18.4 Å². The van der Waals surface area contributed by atoms with Gasteiger partial charge in [0, 0.05) is 18.1 Å². The molecule has 9 nitrogen and oxygen atoms in total. The summed E-state index contributed by atoms with van der Waals surface area (Å²) < 4.78 is 0. The van der Waals surface area contributed by atoms with Gasteiger partial charge in [-0.15, -0.1) is 0 Å². The number of carbonyl (C=O) groups is 3. The summed E-state index contributed by atoms with van der Waals surface area (Å²) in [5.74, 6) is -0.973. The van der Waals surface area contributed by atoms with Crippen molar-refractivity contribution < 1.29 is 19.6 Å². The molecule has 0 aliphatic rings. The summed E-state index contributed by atoms with van der Waals surface area (Å²) >= 11 is 0. The molecule has 1 aromatic heterocycles. The van der Waals surface area contributed by atoms with E-state index >= 15 is 0 Å². The van der Waals surface area contributed by atoms with E-state index in [2.05, 4.69) is 15.6 Å². The number of hydroxylamine groups is 1. The zero-order chi connectivity index (χ0) is 23.0. The Morgan fingerprint density at radius 2 is 1.81 bits per heavy atom. The van der Waals surface area contributed by atoms with Gasteiger partial charge in [-0.3, -0.25) is 19.8 Å². The lowest BCUT2D eigenvalue weighted by Gasteiger charge is -2.29. The van der Waals surface area contributed by atoms with Crippen molar-refractivity contribution in [1.82, 2.24) is 20.7 Å². The van der Waals surface area contributed by atoms with E-state index in [1.54, 1.807) is 17.7 Å². The number of anilines is 1. The highest BCUT2D eigenvalue weighted by atomic mass is 16.5. The normalized spacial score (nSPS) is 12.0. The van der Waals surface area contributed by atoms with Crippen LogP contribution in [0.15, 0.2) is 36.5 Å². The number of pyridine rings is 1. The first-order valence-electron chi connectivity index (χ1n) is 10.4. The summed E-state index contributed by atoms with van der Waals surface area (Å²) in [4.78, 5) is 43.2. The molecule has 0 bridgehead atoms. The molecule has 0 saturated carbocycles. The number of nitrogens with one attached hydrogen (secondary N) is 3. The van der Waals surface area contributed by atoms with E-state index < -0.39 is 18.0 Å². The van der Waals surface area contributed by atoms with Crippen LogP contribution in [0.5, 0.6) is 0 Å². The van der Waals surface area contributed by atoms with Crippen molar-refractivity contribution in [2.75, 3.05) is 18.4 Å². The summed E-state index contributed by atoms with van der Waals surface area (Å²) in [7, 11) is 0. The van der Waals surface area contributed by atoms with Gasteiger partial charge in [0.1, 0.15) is 12.6 Å². The molecule has 0 radical (unpaired) electrons. The van der Waals surface area contributed by atoms with E-state index in [1.165, 1.54) is 4.90 Å². The number of hydrogen-bond acceptors (Lipinski definition) is 5. The molecule has 4 amide bonds. The first-order valence-corrected chi connectivity index (χ1v) is 10.4. The van der Waals surface area contributed by atoms with Gasteiger partial charge in [-0.05, 0) is 30.4 Å². The first-order chi connectivity index (χ1) is 14.7. The van der Waals surface area contributed by atoms with Crippen molar-refractivity contribution in [1.29, 1.82) is 0 Å². The largest absolute Gasteiger partial charge is 0.332 e. The predicted molar refractivity (Wildman–Crippen MR) is 118 cm³/mol. The highest BCUT2D eigenvalue weighted by Gasteiger charge is 2.30. The van der Waals surface area contributed by atoms with Gasteiger partial charge in [-0.1, -0.05) is 45.9 Å². The molecule has 0 fully saturated rings. The Hall–Kier alpha value is -3.20. The molecule has 1 aromatic carbocycles. The maximum atomic E-state index is 13.2. The molecule has 0 spiro atoms. The number of nitrogens with zero attached hydrogens (tertiary/aromatic N) is 2. The first kappa shape index (κ1) is 24.1. The Labute approximate surface area is 182 Å². The zero-order valence-electron chi connectivity index (χ0n) is 18.4. The average molecular weight is 430 g/mol. The summed E-state index contributed by atoms with van der Waals surface area (Å²) in [6.07, 6.45) is 2.33. The van der Waals surface area contributed by atoms with Crippen LogP contribution in [0.25, 0.3) is 10.9 Å². The van der Waals surface area contributed by atoms with Crippen LogP contribution in [-0.4, -0.2) is 52.1 Å². The molecule has 0 saturated heterocycles. The van der Waals surface area contributed by atoms with E-state index in [0.29, 0.717) is 30.1 Å². The molecule has 168 valence electrons. The second-order valence-corrected chi connectivity index (χ2v) is 8.18. The molecule has 0 aliphatic heterocycles. The number of para-hydroxylation sites is 1. The lowest BCUT2D eigenvalue weighted by Crippen LogP contribution is -2.54. The molecule has 9 heteroatoms. The van der Waals surface area contributed by atoms with Crippen molar-refractivity contribution in [3.8, 4) is 0 Å². The van der Waals surface area contributed by atoms with Crippen molar-refractivity contribution in [3.63, 3.8) is 0 Å². The third-order valence-electron chi connectivity index (χ3n) is 4.85. The topological polar surface area (TPSA) is 124 Å². The number of hydrogen-bond donors (Lipinski definition) is 4. The number of rotatable bonds is 9. The second-order valence-electron chi connectivity index (χ2n) is 8.18. The minimum Gasteiger partial charge on any atom is -0.332 e. The van der Waals surface area contributed by atoms with Gasteiger partial charge in [0.25, 0.3) is 5.91 Å². The van der Waals surface area contributed by atoms with Crippen LogP contribution >= 0.6 is 0 Å². The van der Waals surface area contributed by atoms with E-state index in [1.807, 2.05) is 52.0 Å². The van der Waals surface area contributed by atoms with Crippen molar-refractivity contribution in [3.05, 3.63) is 36.5 Å². The summed E-state index contributed by atoms with van der Waals surface area (Å²) in [5.41, 5.74) is 2.73. The van der Waals surface area contributed by atoms with Gasteiger partial charge in [0.2, 0.25) is 5.91 Å². The minimum atomic E-state index is -0.846. The van der Waals surface area contributed by atoms with Gasteiger partial charge in [-0.2, -0.15) is 0 Å². The SMILES string of the molecule is CC(C)CCN(CC(=O)NO)C(=O)[C@@H](NC(=O)Nc1cccc2cccnc12)C(C)C. The summed E-state index contributed by atoms with van der Waals surface area (Å²) in [6, 6.07) is 7.76. The minimum absolute atomic E-state index is 0.220. The van der Waals surface area contributed by atoms with Gasteiger partial charge in [0.05, 0.1) is 11.2 Å². The summed E-state index contributed by atoms with van der Waals surface area (Å²) in [6.45, 7) is 7.70. The van der Waals surface area contributed by atoms with Crippen LogP contribution in [0.1, 0.15) is 34.1 Å². The quantitative estimate of drug-likeness (QED) is 0.360. The fraction of sp³-hybridized carbons (Fsp3) is 0.455. The Kier molecular flexibility index (Phi) is 8.75. The van der Waals surface area contributed by atoms with Gasteiger partial charge < -0.3 is 15.5 Å². The maximum Gasteiger partial charge on any atom is 0.319 e. The van der Waals surface area contributed by atoms with Crippen molar-refractivity contribution >= 4 is 34.4 Å². The monoisotopic (exact) mass is 429 g/mol. The maximum absolute atomic E-state index is 13.2. The van der Waals surface area contributed by atoms with Crippen LogP contribution in [0.4, 0.5) is 10.5 Å². The number of benzene rings is 1. The van der Waals surface area contributed by atoms with Crippen LogP contribution in [0.3, 0.4) is 0 Å². The van der Waals surface area contributed by atoms with Crippen LogP contribution in [-0.2, 0) is 9.59 Å². The van der Waals surface area contributed by atoms with Crippen molar-refractivity contribution in [2.45, 2.75) is 40.2 Å². The second kappa shape index (κ2) is 11.3. The highest BCUT2D eigenvalue weighted by Crippen LogP contribution is 2.20. The Morgan fingerprint density at radius 3 is 2.45 bits per heavy atom. The standard InChI is InChI=1S/C22H31N5O4/c1-14(2)10-12-27(13-18(28)26-31)21(29)19(15(3)4)25-22(30)24-17-9-5-7-16-8-6-11-23-20(16)17/h5-9,11,14-15,19,31H,10,12-13H2,1-4H3,(H,26,28)(H2,24,25,30)/t19-/m0/s1. The Balaban J connectivity index is 2.16. The van der Waals surface area contributed by atoms with Crippen LogP contribution in [0, 0.1) is 11.8 Å². The smallest absolute Gasteiger partial charge is 0.319 e. The third-order valence-corrected chi connectivity index (χ3v) is 4.85. The number of amides is 4. The lowest BCUT2D eigenvalue weighted by molar-refractivity contribution is -0.141. The molecule has 4 N–H and O–H groups in total. The fourth-order valence-electron chi connectivity index (χ4n) is 3.10. The lowest BCUT2D eigenvalue weighted by atomic mass is 10.0. The van der Waals surface area contributed by atoms with Gasteiger partial charge >= 0.3 is 6.03 Å². The molecule has 1 heterocycles. The third kappa shape index (κ3) is 6.92. The van der Waals surface area contributed by atoms with E-state index in [9.17, 15) is 14.4 Å². The number of carbonyl (C=O) groups excluding carboxylic acids is 3. The summed E-state index contributed by atoms with van der Waals surface area (Å²) in [5, 5.41) is 15.2. The van der Waals surface area contributed by atoms with Crippen LogP contribution < -0.4 is 16.1 Å². The predicted octanol–water partition coefficient (Wildman–Crippen LogP) is 2.76. The van der Waals surface area contributed by atoms with Gasteiger partial charge in [0.15, 0.2) is 0 Å². The highest BCUT2D eigenvalue weighted by molar-refractivity contribution is 6.01. The molecule has 2 aromatic rings. The number of urea groups is 1. The van der Waals surface area contributed by atoms with Crippen LogP contribution in [0.2, 0.25) is 0 Å². The number of fused-ring (bicyclic) bond motifs is 1. The molecule has 0 aliphatic carbocycles. The van der Waals surface area contributed by atoms with E-state index in [4.69, 9.17) is 5.21 Å². The molecular weight excluding hydrogens is 398 g/mol. The molecule has 2 rings (SSSR count). The Bertz CT molecular complexity index is 910. The zero-order valence-corrected chi connectivity index (χ0v) is 18.4. The molecule has 31 heavy (non-hydrogen) atoms.